The van der Waals surface area contributed by atoms with E-state index in [1.807, 2.05) is 84.9 Å². The summed E-state index contributed by atoms with van der Waals surface area (Å²) < 4.78 is 188. The Balaban J connectivity index is 0.000000156. The molecule has 0 radical (unpaired) electrons. The minimum Gasteiger partial charge on any atom is -0.495 e. The number of thiol groups is 2. The minimum atomic E-state index is -2.32. The second-order valence-electron chi connectivity index (χ2n) is 24.7. The highest BCUT2D eigenvalue weighted by molar-refractivity contribution is 7.81. The lowest BCUT2D eigenvalue weighted by Gasteiger charge is -2.30. The molecule has 2 aliphatic carbocycles. The summed E-state index contributed by atoms with van der Waals surface area (Å²) in [5.41, 5.74) is 85.4. The van der Waals surface area contributed by atoms with Crippen molar-refractivity contribution >= 4 is 105 Å². The fourth-order valence-electron chi connectivity index (χ4n) is 12.0. The summed E-state index contributed by atoms with van der Waals surface area (Å²) in [5.74, 6) is -25.4. The second kappa shape index (κ2) is 34.6. The van der Waals surface area contributed by atoms with E-state index in [2.05, 4.69) is 110 Å². The van der Waals surface area contributed by atoms with E-state index in [1.54, 1.807) is 31.4 Å². The van der Waals surface area contributed by atoms with Gasteiger partial charge in [-0.3, -0.25) is 0 Å². The summed E-state index contributed by atoms with van der Waals surface area (Å²) in [6.07, 6.45) is 0. The molecule has 29 N–H and O–H groups in total. The lowest BCUT2D eigenvalue weighted by molar-refractivity contribution is 0.282. The maximum atomic E-state index is 13.6. The van der Waals surface area contributed by atoms with Crippen LogP contribution in [0.2, 0.25) is 0 Å². The SMILES string of the molecule is COc1cc(-c2ccc(N)c(CO)c2)ccc1N.Nc1c(F)c(F)c(-c2c(F)c(F)c(N)c(F)c2F)c(F)c1F.Nc1c(F)c(F)c(N)c(F)c1F.Nc1cc(F)c(N)cc1F.Nc1cc(S)c(N)cc1S.Nc1ccc(N)c(-c2ccccc2)c1.Nc1ccc2c(c1)C1(c3ccccc3-c3ccccc31)c1cc(N)ccc1-2. The first-order valence-corrected chi connectivity index (χ1v) is 33.6. The van der Waals surface area contributed by atoms with E-state index in [9.17, 15) is 66.6 Å². The van der Waals surface area contributed by atoms with Crippen molar-refractivity contribution in [3.05, 3.63) is 303 Å². The number of hydrogen-bond acceptors (Lipinski definition) is 18. The van der Waals surface area contributed by atoms with Crippen LogP contribution in [0.3, 0.4) is 0 Å². The maximum Gasteiger partial charge on any atom is 0.187 e. The van der Waals surface area contributed by atoms with Crippen molar-refractivity contribution < 1.29 is 71.3 Å². The molecular formula is C81H68F14N14O2S2. The van der Waals surface area contributed by atoms with Gasteiger partial charge in [0.2, 0.25) is 0 Å². The Bertz CT molecular complexity index is 5280. The average Bonchev–Trinajstić information content (AvgIpc) is 1.51. The third-order valence-electron chi connectivity index (χ3n) is 17.6. The van der Waals surface area contributed by atoms with Gasteiger partial charge in [-0.05, 0) is 140 Å². The Morgan fingerprint density at radius 3 is 1.03 bits per heavy atom. The molecule has 113 heavy (non-hydrogen) atoms. The van der Waals surface area contributed by atoms with Gasteiger partial charge in [0, 0.05) is 72.9 Å². The normalized spacial score (nSPS) is 11.3. The van der Waals surface area contributed by atoms with Gasteiger partial charge in [0.15, 0.2) is 69.8 Å². The predicted octanol–water partition coefficient (Wildman–Crippen LogP) is 17.3. The summed E-state index contributed by atoms with van der Waals surface area (Å²) in [6.45, 7) is -0.0776. The molecule has 13 aromatic carbocycles. The van der Waals surface area contributed by atoms with Crippen LogP contribution in [0.25, 0.3) is 55.6 Å². The number of rotatable bonds is 5. The zero-order valence-electron chi connectivity index (χ0n) is 58.8. The first kappa shape index (κ1) is 83.6. The quantitative estimate of drug-likeness (QED) is 0.0329. The highest BCUT2D eigenvalue weighted by Gasteiger charge is 2.51. The second-order valence-corrected chi connectivity index (χ2v) is 25.7. The molecule has 0 saturated carbocycles. The van der Waals surface area contributed by atoms with Crippen LogP contribution in [0.4, 0.5) is 141 Å². The Hall–Kier alpha value is -13.5. The molecular weight excluding hydrogens is 1530 g/mol. The number of hydrogen-bond donors (Lipinski definition) is 17. The predicted molar refractivity (Wildman–Crippen MR) is 426 cm³/mol. The Morgan fingerprint density at radius 2 is 0.628 bits per heavy atom. The number of aliphatic hydroxyl groups excluding tert-OH is 1. The molecule has 13 aromatic rings. The molecule has 2 aliphatic rings. The number of aliphatic hydroxyl groups is 1. The van der Waals surface area contributed by atoms with E-state index >= 15 is 0 Å². The topological polar surface area (TPSA) is 394 Å². The van der Waals surface area contributed by atoms with Crippen molar-refractivity contribution in [2.75, 3.05) is 87.4 Å². The summed E-state index contributed by atoms with van der Waals surface area (Å²) in [7, 11) is 1.58. The monoisotopic (exact) mass is 1600 g/mol. The van der Waals surface area contributed by atoms with Crippen LogP contribution < -0.4 is 85.0 Å². The van der Waals surface area contributed by atoms with E-state index in [0.717, 1.165) is 57.1 Å². The van der Waals surface area contributed by atoms with Gasteiger partial charge in [-0.2, -0.15) is 0 Å². The fourth-order valence-corrected chi connectivity index (χ4v) is 12.4. The molecule has 0 bridgehead atoms. The minimum absolute atomic E-state index is 0.0776. The molecule has 15 rings (SSSR count). The number of fused-ring (bicyclic) bond motifs is 10. The smallest absolute Gasteiger partial charge is 0.187 e. The van der Waals surface area contributed by atoms with Gasteiger partial charge in [0.05, 0.1) is 47.3 Å². The van der Waals surface area contributed by atoms with Crippen molar-refractivity contribution in [3.8, 4) is 61.4 Å². The molecule has 16 nitrogen and oxygen atoms in total. The van der Waals surface area contributed by atoms with Crippen LogP contribution in [0.1, 0.15) is 27.8 Å². The van der Waals surface area contributed by atoms with Gasteiger partial charge in [-0.25, -0.2) is 61.5 Å². The third-order valence-corrected chi connectivity index (χ3v) is 18.4. The number of benzene rings is 13. The molecule has 0 heterocycles. The summed E-state index contributed by atoms with van der Waals surface area (Å²) in [5, 5.41) is 9.21. The van der Waals surface area contributed by atoms with Crippen LogP contribution in [-0.4, -0.2) is 12.2 Å². The van der Waals surface area contributed by atoms with Crippen molar-refractivity contribution in [3.63, 3.8) is 0 Å². The van der Waals surface area contributed by atoms with Gasteiger partial charge in [0.25, 0.3) is 0 Å². The molecule has 0 unspecified atom stereocenters. The number of ether oxygens (including phenoxy) is 1. The van der Waals surface area contributed by atoms with E-state index < -0.39 is 115 Å². The van der Waals surface area contributed by atoms with Gasteiger partial charge in [-0.15, -0.1) is 25.3 Å². The molecule has 0 fully saturated rings. The number of nitrogen functional groups attached to an aromatic ring is 14. The largest absolute Gasteiger partial charge is 0.495 e. The van der Waals surface area contributed by atoms with E-state index in [-0.39, 0.29) is 23.4 Å². The van der Waals surface area contributed by atoms with Crippen LogP contribution in [0.15, 0.2) is 204 Å². The lowest BCUT2D eigenvalue weighted by atomic mass is 9.70. The first-order valence-electron chi connectivity index (χ1n) is 32.7. The molecule has 0 saturated heterocycles. The molecule has 0 aromatic heterocycles. The summed E-state index contributed by atoms with van der Waals surface area (Å²) in [6, 6.07) is 61.7. The van der Waals surface area contributed by atoms with Crippen molar-refractivity contribution in [1.82, 2.24) is 0 Å². The van der Waals surface area contributed by atoms with E-state index in [0.29, 0.717) is 43.9 Å². The maximum absolute atomic E-state index is 13.6. The highest BCUT2D eigenvalue weighted by Crippen LogP contribution is 2.63. The molecule has 0 aliphatic heterocycles. The van der Waals surface area contributed by atoms with Gasteiger partial charge < -0.3 is 90.1 Å². The van der Waals surface area contributed by atoms with Gasteiger partial charge in [-0.1, -0.05) is 103 Å². The fraction of sp³-hybridized carbons (Fsp3) is 0.0370. The standard InChI is InChI=1S/C25H18N2.C14H16N2O2.C12H4F8N2.C12H12N2.C6H4F4N2.C6H6F2N2.C6H8N2S2/c26-15-9-11-19-20-12-10-16(27)14-24(20)25(23(19)13-15)21-7-3-1-5-17(21)18-6-2-4-8-22(18)25;1-18-14-7-10(3-5-13(14)16)9-2-4-12(15)11(6-9)8-17;13-3-1(4(14)8(18)11(21)7(3)17)2-5(15)9(19)12(22)10(20)6(2)16;13-10-6-7-12(14)11(8-10)9-4-2-1-3-5-9;7-1-2(8)6(12)4(10)3(9)5(1)11;2*7-3-1-5(9)4(8)2-6(3)10/h1-14H,26-27H2;2-7,17H,8,15-16H2,1H3;21-22H2;1-8H,13-14H2;11-12H2;1-2H,9-10H2;1-2,9-10H,7-8H2. The average molecular weight is 1600 g/mol. The van der Waals surface area contributed by atoms with Crippen molar-refractivity contribution in [2.24, 2.45) is 0 Å². The Labute approximate surface area is 647 Å². The molecule has 0 atom stereocenters. The number of methoxy groups -OCH3 is 1. The van der Waals surface area contributed by atoms with Crippen LogP contribution >= 0.6 is 25.3 Å². The van der Waals surface area contributed by atoms with Gasteiger partial charge >= 0.3 is 0 Å². The number of anilines is 14. The van der Waals surface area contributed by atoms with Crippen molar-refractivity contribution in [2.45, 2.75) is 21.8 Å². The van der Waals surface area contributed by atoms with Gasteiger partial charge in [0.1, 0.15) is 40.1 Å². The highest BCUT2D eigenvalue weighted by atomic mass is 32.1. The number of nitrogens with two attached hydrogens (primary N) is 14. The lowest BCUT2D eigenvalue weighted by Crippen LogP contribution is -2.26. The molecule has 584 valence electrons. The number of halogens is 14. The van der Waals surface area contributed by atoms with E-state index in [4.69, 9.17) is 73.5 Å². The summed E-state index contributed by atoms with van der Waals surface area (Å²) >= 11 is 8.15. The van der Waals surface area contributed by atoms with E-state index in [1.165, 1.54) is 44.5 Å². The van der Waals surface area contributed by atoms with Crippen LogP contribution in [-0.2, 0) is 12.0 Å². The Morgan fingerprint density at radius 1 is 0.292 bits per heavy atom. The Kier molecular flexibility index (Phi) is 25.6. The zero-order chi connectivity index (χ0) is 83.1. The molecule has 32 heteroatoms. The summed E-state index contributed by atoms with van der Waals surface area (Å²) in [4.78, 5) is 1.38. The molecule has 1 spiro atoms. The molecule has 0 amide bonds. The first-order chi connectivity index (χ1) is 53.4. The van der Waals surface area contributed by atoms with Crippen LogP contribution in [0, 0.1) is 81.4 Å². The van der Waals surface area contributed by atoms with Crippen LogP contribution in [0.5, 0.6) is 5.75 Å². The zero-order valence-corrected chi connectivity index (χ0v) is 60.6. The third kappa shape index (κ3) is 16.8. The van der Waals surface area contributed by atoms with Crippen molar-refractivity contribution in [1.29, 1.82) is 0 Å².